The number of esters is 1. The summed E-state index contributed by atoms with van der Waals surface area (Å²) in [5, 5.41) is 9.50. The highest BCUT2D eigenvalue weighted by Gasteiger charge is 2.31. The fraction of sp³-hybridized carbons (Fsp3) is 0.333. The van der Waals surface area contributed by atoms with Crippen LogP contribution in [0.3, 0.4) is 0 Å². The number of primary amides is 1. The summed E-state index contributed by atoms with van der Waals surface area (Å²) in [6.45, 7) is 0.406. The highest BCUT2D eigenvalue weighted by Crippen LogP contribution is 2.11. The maximum absolute atomic E-state index is 12.8. The van der Waals surface area contributed by atoms with E-state index < -0.39 is 46.5 Å². The molecule has 1 aromatic rings. The third kappa shape index (κ3) is 5.06. The van der Waals surface area contributed by atoms with Crippen LogP contribution in [0.2, 0.25) is 0 Å². The number of aliphatic hydroxyl groups excluding tert-OH is 1. The normalized spacial score (nSPS) is 14.1. The fourth-order valence-corrected chi connectivity index (χ4v) is 2.68. The van der Waals surface area contributed by atoms with Gasteiger partial charge >= 0.3 is 5.97 Å². The molecule has 0 saturated carbocycles. The summed E-state index contributed by atoms with van der Waals surface area (Å²) in [6, 6.07) is 2.19. The molecule has 0 radical (unpaired) electrons. The molecule has 0 unspecified atom stereocenters. The molecule has 0 spiro atoms. The van der Waals surface area contributed by atoms with Crippen molar-refractivity contribution in [3.05, 3.63) is 30.1 Å². The van der Waals surface area contributed by atoms with E-state index in [1.54, 1.807) is 0 Å². The third-order valence-corrected chi connectivity index (χ3v) is 3.96. The van der Waals surface area contributed by atoms with Gasteiger partial charge in [0.1, 0.15) is 11.9 Å². The molecule has 0 aliphatic carbocycles. The molecule has 0 heterocycles. The Morgan fingerprint density at radius 3 is 2.36 bits per heavy atom. The van der Waals surface area contributed by atoms with Crippen molar-refractivity contribution in [3.8, 4) is 0 Å². The van der Waals surface area contributed by atoms with E-state index in [4.69, 9.17) is 5.73 Å². The van der Waals surface area contributed by atoms with E-state index in [1.165, 1.54) is 0 Å². The number of halogens is 1. The van der Waals surface area contributed by atoms with E-state index in [0.717, 1.165) is 31.2 Å². The first-order valence-electron chi connectivity index (χ1n) is 6.04. The van der Waals surface area contributed by atoms with Crippen molar-refractivity contribution < 1.29 is 32.2 Å². The van der Waals surface area contributed by atoms with Gasteiger partial charge in [0.2, 0.25) is 10.0 Å². The van der Waals surface area contributed by atoms with Crippen molar-refractivity contribution in [1.82, 2.24) is 4.72 Å². The van der Waals surface area contributed by atoms with Crippen LogP contribution < -0.4 is 10.5 Å². The maximum Gasteiger partial charge on any atom is 0.327 e. The molecule has 22 heavy (non-hydrogen) atoms. The minimum absolute atomic E-state index is 0.303. The first-order valence-corrected chi connectivity index (χ1v) is 7.52. The van der Waals surface area contributed by atoms with Gasteiger partial charge < -0.3 is 15.6 Å². The Labute approximate surface area is 126 Å². The van der Waals surface area contributed by atoms with E-state index in [2.05, 4.69) is 4.74 Å². The molecule has 0 fully saturated rings. The molecule has 0 aromatic heterocycles. The van der Waals surface area contributed by atoms with Crippen LogP contribution in [0.1, 0.15) is 6.92 Å². The molecular formula is C12H15FN2O6S. The second kappa shape index (κ2) is 7.29. The minimum Gasteiger partial charge on any atom is -0.454 e. The van der Waals surface area contributed by atoms with Gasteiger partial charge in [0, 0.05) is 0 Å². The number of sulfonamides is 1. The van der Waals surface area contributed by atoms with Gasteiger partial charge in [-0.15, -0.1) is 0 Å². The van der Waals surface area contributed by atoms with Gasteiger partial charge in [-0.2, -0.15) is 4.72 Å². The Balaban J connectivity index is 2.92. The lowest BCUT2D eigenvalue weighted by Crippen LogP contribution is -2.48. The van der Waals surface area contributed by atoms with Gasteiger partial charge in [-0.1, -0.05) is 0 Å². The average molecular weight is 334 g/mol. The van der Waals surface area contributed by atoms with Crippen LogP contribution in [0.15, 0.2) is 29.2 Å². The summed E-state index contributed by atoms with van der Waals surface area (Å²) in [4.78, 5) is 21.9. The predicted molar refractivity (Wildman–Crippen MR) is 72.3 cm³/mol. The van der Waals surface area contributed by atoms with Crippen LogP contribution >= 0.6 is 0 Å². The number of benzene rings is 1. The van der Waals surface area contributed by atoms with E-state index in [-0.39, 0.29) is 4.90 Å². The lowest BCUT2D eigenvalue weighted by Gasteiger charge is -2.19. The number of carbonyl (C=O) groups is 2. The van der Waals surface area contributed by atoms with E-state index in [0.29, 0.717) is 0 Å². The molecule has 2 atom stereocenters. The number of hydrogen-bond acceptors (Lipinski definition) is 6. The number of carbonyl (C=O) groups excluding carboxylic acids is 2. The van der Waals surface area contributed by atoms with Crippen LogP contribution in [0, 0.1) is 5.82 Å². The smallest absolute Gasteiger partial charge is 0.327 e. The van der Waals surface area contributed by atoms with Crippen molar-refractivity contribution in [2.24, 2.45) is 5.73 Å². The summed E-state index contributed by atoms with van der Waals surface area (Å²) in [5.41, 5.74) is 4.80. The zero-order valence-corrected chi connectivity index (χ0v) is 12.3. The number of aliphatic hydroxyl groups is 1. The first kappa shape index (κ1) is 18.0. The Morgan fingerprint density at radius 2 is 1.91 bits per heavy atom. The summed E-state index contributed by atoms with van der Waals surface area (Å²) in [7, 11) is -4.20. The van der Waals surface area contributed by atoms with Crippen molar-refractivity contribution >= 4 is 21.9 Å². The molecular weight excluding hydrogens is 319 g/mol. The summed E-state index contributed by atoms with van der Waals surface area (Å²) >= 11 is 0. The summed E-state index contributed by atoms with van der Waals surface area (Å²) < 4.78 is 43.3. The average Bonchev–Trinajstić information content (AvgIpc) is 2.42. The quantitative estimate of drug-likeness (QED) is 0.541. The standard InChI is InChI=1S/C12H15FN2O6S/c1-7(16)11(12(18)21-6-10(14)17)15-22(19,20)9-4-2-8(13)3-5-9/h2-5,7,11,15-16H,6H2,1H3,(H2,14,17)/t7-,11-/m1/s1. The van der Waals surface area contributed by atoms with Gasteiger partial charge in [0.25, 0.3) is 5.91 Å². The lowest BCUT2D eigenvalue weighted by atomic mass is 10.2. The van der Waals surface area contributed by atoms with Gasteiger partial charge in [-0.3, -0.25) is 9.59 Å². The van der Waals surface area contributed by atoms with Crippen LogP contribution in [0.5, 0.6) is 0 Å². The minimum atomic E-state index is -4.20. The van der Waals surface area contributed by atoms with Crippen LogP contribution in [0.25, 0.3) is 0 Å². The third-order valence-electron chi connectivity index (χ3n) is 2.50. The van der Waals surface area contributed by atoms with E-state index in [9.17, 15) is 27.5 Å². The number of ether oxygens (including phenoxy) is 1. The molecule has 1 aromatic carbocycles. The van der Waals surface area contributed by atoms with Gasteiger partial charge in [0.05, 0.1) is 11.0 Å². The zero-order valence-electron chi connectivity index (χ0n) is 11.5. The van der Waals surface area contributed by atoms with Crippen molar-refractivity contribution in [3.63, 3.8) is 0 Å². The molecule has 0 aliphatic heterocycles. The van der Waals surface area contributed by atoms with Crippen LogP contribution in [0.4, 0.5) is 4.39 Å². The number of rotatable bonds is 7. The van der Waals surface area contributed by atoms with Gasteiger partial charge in [-0.25, -0.2) is 12.8 Å². The Hall–Kier alpha value is -2.04. The number of hydrogen-bond donors (Lipinski definition) is 3. The Kier molecular flexibility index (Phi) is 5.97. The van der Waals surface area contributed by atoms with Gasteiger partial charge in [0.15, 0.2) is 6.61 Å². The highest BCUT2D eigenvalue weighted by molar-refractivity contribution is 7.89. The molecule has 4 N–H and O–H groups in total. The number of amides is 1. The van der Waals surface area contributed by atoms with E-state index >= 15 is 0 Å². The lowest BCUT2D eigenvalue weighted by molar-refractivity contribution is -0.151. The topological polar surface area (TPSA) is 136 Å². The second-order valence-electron chi connectivity index (χ2n) is 4.37. The molecule has 0 saturated heterocycles. The monoisotopic (exact) mass is 334 g/mol. The predicted octanol–water partition coefficient (Wildman–Crippen LogP) is -1.12. The molecule has 1 amide bonds. The molecule has 1 rings (SSSR count). The summed E-state index contributed by atoms with van der Waals surface area (Å²) in [6.07, 6.45) is -1.43. The Morgan fingerprint density at radius 1 is 1.36 bits per heavy atom. The van der Waals surface area contributed by atoms with Crippen molar-refractivity contribution in [1.29, 1.82) is 0 Å². The zero-order chi connectivity index (χ0) is 16.9. The molecule has 0 aliphatic rings. The largest absolute Gasteiger partial charge is 0.454 e. The van der Waals surface area contributed by atoms with Crippen molar-refractivity contribution in [2.75, 3.05) is 6.61 Å². The van der Waals surface area contributed by atoms with Gasteiger partial charge in [-0.05, 0) is 31.2 Å². The molecule has 122 valence electrons. The summed E-state index contributed by atoms with van der Waals surface area (Å²) in [5.74, 6) is -2.73. The van der Waals surface area contributed by atoms with Crippen molar-refractivity contribution in [2.45, 2.75) is 24.0 Å². The highest BCUT2D eigenvalue weighted by atomic mass is 32.2. The van der Waals surface area contributed by atoms with Crippen LogP contribution in [-0.2, 0) is 24.3 Å². The second-order valence-corrected chi connectivity index (χ2v) is 6.08. The number of nitrogens with one attached hydrogen (secondary N) is 1. The SMILES string of the molecule is C[C@@H](O)[C@@H](NS(=O)(=O)c1ccc(F)cc1)C(=O)OCC(N)=O. The molecule has 0 bridgehead atoms. The number of nitrogens with two attached hydrogens (primary N) is 1. The molecule has 8 nitrogen and oxygen atoms in total. The molecule has 10 heteroatoms. The van der Waals surface area contributed by atoms with Crippen LogP contribution in [-0.4, -0.2) is 44.2 Å². The Bertz CT molecular complexity index is 644. The fourth-order valence-electron chi connectivity index (χ4n) is 1.42. The maximum atomic E-state index is 12.8. The first-order chi connectivity index (χ1) is 10.1. The van der Waals surface area contributed by atoms with E-state index in [1.807, 2.05) is 4.72 Å².